The predicted molar refractivity (Wildman–Crippen MR) is 91.7 cm³/mol. The lowest BCUT2D eigenvalue weighted by atomic mass is 9.97. The molecule has 0 saturated heterocycles. The summed E-state index contributed by atoms with van der Waals surface area (Å²) in [5, 5.41) is 0.914. The standard InChI is InChI=1S/C18H17FN2O2S/c1-2-3-16-14-8-11(4-7-18(14)24(22,23)21-16)15-10-20-17-9-12(19)5-6-13(15)17/h4-10,16,20-21H,2-3H2,1H3. The van der Waals surface area contributed by atoms with Gasteiger partial charge in [-0.15, -0.1) is 0 Å². The van der Waals surface area contributed by atoms with Gasteiger partial charge in [-0.2, -0.15) is 0 Å². The van der Waals surface area contributed by atoms with E-state index in [0.717, 1.165) is 40.4 Å². The number of hydrogen-bond acceptors (Lipinski definition) is 2. The van der Waals surface area contributed by atoms with Crippen LogP contribution < -0.4 is 4.72 Å². The first kappa shape index (κ1) is 15.4. The molecular formula is C18H17FN2O2S. The van der Waals surface area contributed by atoms with Crippen LogP contribution in [0.1, 0.15) is 31.4 Å². The van der Waals surface area contributed by atoms with Crippen LogP contribution in [0, 0.1) is 5.82 Å². The summed E-state index contributed by atoms with van der Waals surface area (Å²) in [6.45, 7) is 2.03. The van der Waals surface area contributed by atoms with Gasteiger partial charge in [0.25, 0.3) is 0 Å². The third-order valence-corrected chi connectivity index (χ3v) is 6.05. The number of H-pyrrole nitrogens is 1. The van der Waals surface area contributed by atoms with Crippen molar-refractivity contribution in [1.82, 2.24) is 9.71 Å². The van der Waals surface area contributed by atoms with Crippen molar-refractivity contribution < 1.29 is 12.8 Å². The molecule has 0 amide bonds. The summed E-state index contributed by atoms with van der Waals surface area (Å²) in [6, 6.07) is 9.83. The number of aromatic amines is 1. The van der Waals surface area contributed by atoms with Crippen molar-refractivity contribution in [3.8, 4) is 11.1 Å². The van der Waals surface area contributed by atoms with Crippen LogP contribution in [0.5, 0.6) is 0 Å². The highest BCUT2D eigenvalue weighted by atomic mass is 32.2. The monoisotopic (exact) mass is 344 g/mol. The topological polar surface area (TPSA) is 62.0 Å². The largest absolute Gasteiger partial charge is 0.360 e. The number of aromatic nitrogens is 1. The van der Waals surface area contributed by atoms with Crippen molar-refractivity contribution in [2.75, 3.05) is 0 Å². The number of fused-ring (bicyclic) bond motifs is 2. The van der Waals surface area contributed by atoms with Gasteiger partial charge >= 0.3 is 0 Å². The zero-order valence-electron chi connectivity index (χ0n) is 13.1. The van der Waals surface area contributed by atoms with Crippen molar-refractivity contribution in [3.05, 3.63) is 54.0 Å². The average molecular weight is 344 g/mol. The van der Waals surface area contributed by atoms with Gasteiger partial charge in [0.1, 0.15) is 5.82 Å². The molecular weight excluding hydrogens is 327 g/mol. The Bertz CT molecular complexity index is 1040. The van der Waals surface area contributed by atoms with Crippen LogP contribution in [0.25, 0.3) is 22.0 Å². The van der Waals surface area contributed by atoms with E-state index < -0.39 is 10.0 Å². The number of nitrogens with one attached hydrogen (secondary N) is 2. The molecule has 2 aromatic carbocycles. The molecule has 3 aromatic rings. The van der Waals surface area contributed by atoms with E-state index in [1.165, 1.54) is 12.1 Å². The molecule has 1 aliphatic heterocycles. The molecule has 0 fully saturated rings. The summed E-state index contributed by atoms with van der Waals surface area (Å²) < 4.78 is 40.5. The van der Waals surface area contributed by atoms with Gasteiger partial charge in [-0.05, 0) is 47.9 Å². The fraction of sp³-hybridized carbons (Fsp3) is 0.222. The summed E-state index contributed by atoms with van der Waals surface area (Å²) in [5.41, 5.74) is 3.39. The van der Waals surface area contributed by atoms with E-state index in [1.54, 1.807) is 18.2 Å². The molecule has 6 heteroatoms. The van der Waals surface area contributed by atoms with Gasteiger partial charge in [0.05, 0.1) is 4.90 Å². The second-order valence-electron chi connectivity index (χ2n) is 6.11. The van der Waals surface area contributed by atoms with Gasteiger partial charge < -0.3 is 4.98 Å². The second kappa shape index (κ2) is 5.43. The van der Waals surface area contributed by atoms with Gasteiger partial charge in [0.15, 0.2) is 0 Å². The van der Waals surface area contributed by atoms with Crippen LogP contribution in [0.2, 0.25) is 0 Å². The summed E-state index contributed by atoms with van der Waals surface area (Å²) in [7, 11) is -3.42. The van der Waals surface area contributed by atoms with E-state index in [-0.39, 0.29) is 11.9 Å². The smallest absolute Gasteiger partial charge is 0.241 e. The van der Waals surface area contributed by atoms with Gasteiger partial charge in [0, 0.05) is 28.7 Å². The van der Waals surface area contributed by atoms with E-state index in [9.17, 15) is 12.8 Å². The first-order chi connectivity index (χ1) is 11.5. The van der Waals surface area contributed by atoms with Crippen molar-refractivity contribution in [1.29, 1.82) is 0 Å². The maximum atomic E-state index is 13.4. The third kappa shape index (κ3) is 2.34. The molecule has 1 aromatic heterocycles. The molecule has 0 spiro atoms. The Balaban J connectivity index is 1.87. The zero-order chi connectivity index (χ0) is 16.9. The Morgan fingerprint density at radius 3 is 2.79 bits per heavy atom. The molecule has 0 aliphatic carbocycles. The fourth-order valence-electron chi connectivity index (χ4n) is 3.39. The normalized spacial score (nSPS) is 18.8. The quantitative estimate of drug-likeness (QED) is 0.751. The summed E-state index contributed by atoms with van der Waals surface area (Å²) in [5.74, 6) is -0.289. The first-order valence-corrected chi connectivity index (χ1v) is 9.41. The summed E-state index contributed by atoms with van der Waals surface area (Å²) in [6.07, 6.45) is 3.48. The van der Waals surface area contributed by atoms with Crippen LogP contribution >= 0.6 is 0 Å². The molecule has 2 N–H and O–H groups in total. The van der Waals surface area contributed by atoms with E-state index in [2.05, 4.69) is 9.71 Å². The molecule has 2 heterocycles. The number of halogens is 1. The molecule has 0 radical (unpaired) electrons. The van der Waals surface area contributed by atoms with Crippen molar-refractivity contribution in [2.24, 2.45) is 0 Å². The number of benzene rings is 2. The van der Waals surface area contributed by atoms with E-state index in [0.29, 0.717) is 4.90 Å². The lowest BCUT2D eigenvalue weighted by Crippen LogP contribution is -2.19. The van der Waals surface area contributed by atoms with Crippen LogP contribution in [0.4, 0.5) is 4.39 Å². The minimum Gasteiger partial charge on any atom is -0.360 e. The van der Waals surface area contributed by atoms with Gasteiger partial charge in [-0.25, -0.2) is 17.5 Å². The highest BCUT2D eigenvalue weighted by Gasteiger charge is 2.33. The molecule has 4 rings (SSSR count). The van der Waals surface area contributed by atoms with Gasteiger partial charge in [0.2, 0.25) is 10.0 Å². The Kier molecular flexibility index (Phi) is 3.47. The van der Waals surface area contributed by atoms with Crippen LogP contribution in [-0.4, -0.2) is 13.4 Å². The Morgan fingerprint density at radius 2 is 2.00 bits per heavy atom. The van der Waals surface area contributed by atoms with Gasteiger partial charge in [-0.3, -0.25) is 0 Å². The highest BCUT2D eigenvalue weighted by molar-refractivity contribution is 7.89. The van der Waals surface area contributed by atoms with Crippen molar-refractivity contribution in [3.63, 3.8) is 0 Å². The lowest BCUT2D eigenvalue weighted by molar-refractivity contribution is 0.558. The summed E-state index contributed by atoms with van der Waals surface area (Å²) >= 11 is 0. The van der Waals surface area contributed by atoms with Crippen molar-refractivity contribution >= 4 is 20.9 Å². The SMILES string of the molecule is CCCC1NS(=O)(=O)c2ccc(-c3c[nH]c4cc(F)ccc34)cc21. The number of hydrogen-bond donors (Lipinski definition) is 2. The van der Waals surface area contributed by atoms with E-state index in [1.807, 2.05) is 19.2 Å². The lowest BCUT2D eigenvalue weighted by Gasteiger charge is -2.09. The van der Waals surface area contributed by atoms with Gasteiger partial charge in [-0.1, -0.05) is 19.4 Å². The highest BCUT2D eigenvalue weighted by Crippen LogP contribution is 2.38. The van der Waals surface area contributed by atoms with Crippen molar-refractivity contribution in [2.45, 2.75) is 30.7 Å². The molecule has 0 bridgehead atoms. The molecule has 4 nitrogen and oxygen atoms in total. The van der Waals surface area contributed by atoms with Crippen LogP contribution in [0.3, 0.4) is 0 Å². The van der Waals surface area contributed by atoms with E-state index >= 15 is 0 Å². The first-order valence-electron chi connectivity index (χ1n) is 7.93. The summed E-state index contributed by atoms with van der Waals surface area (Å²) in [4.78, 5) is 3.43. The molecule has 124 valence electrons. The predicted octanol–water partition coefficient (Wildman–Crippen LogP) is 4.11. The second-order valence-corrected chi connectivity index (χ2v) is 7.79. The number of sulfonamides is 1. The fourth-order valence-corrected chi connectivity index (χ4v) is 4.89. The van der Waals surface area contributed by atoms with Crippen LogP contribution in [0.15, 0.2) is 47.5 Å². The molecule has 24 heavy (non-hydrogen) atoms. The van der Waals surface area contributed by atoms with Crippen LogP contribution in [-0.2, 0) is 10.0 Å². The Morgan fingerprint density at radius 1 is 1.17 bits per heavy atom. The minimum atomic E-state index is -3.42. The Labute approximate surface area is 139 Å². The molecule has 1 atom stereocenters. The molecule has 0 saturated carbocycles. The maximum Gasteiger partial charge on any atom is 0.241 e. The minimum absolute atomic E-state index is 0.183. The Hall–Kier alpha value is -2.18. The van der Waals surface area contributed by atoms with E-state index in [4.69, 9.17) is 0 Å². The molecule has 1 aliphatic rings. The maximum absolute atomic E-state index is 13.4. The zero-order valence-corrected chi connectivity index (χ0v) is 14.0. The third-order valence-electron chi connectivity index (χ3n) is 4.50. The number of rotatable bonds is 3. The average Bonchev–Trinajstić information content (AvgIpc) is 3.06. The molecule has 1 unspecified atom stereocenters.